The summed E-state index contributed by atoms with van der Waals surface area (Å²) >= 11 is 0. The first-order valence-electron chi connectivity index (χ1n) is 6.66. The number of methoxy groups -OCH3 is 1. The van der Waals surface area contributed by atoms with E-state index in [-0.39, 0.29) is 5.78 Å². The maximum absolute atomic E-state index is 12.3. The van der Waals surface area contributed by atoms with Gasteiger partial charge in [0.05, 0.1) is 12.6 Å². The Morgan fingerprint density at radius 2 is 1.86 bits per heavy atom. The number of Topliss-reactive ketones (excluding diaryl/α,β-unsaturated/α-hetero) is 1. The van der Waals surface area contributed by atoms with Gasteiger partial charge in [0.1, 0.15) is 17.0 Å². The molecule has 0 fully saturated rings. The topological polar surface area (TPSA) is 57.0 Å². The number of carbonyl (C=O) groups is 2. The van der Waals surface area contributed by atoms with E-state index in [0.29, 0.717) is 22.5 Å². The zero-order valence-electron chi connectivity index (χ0n) is 12.9. The fourth-order valence-corrected chi connectivity index (χ4v) is 2.08. The van der Waals surface area contributed by atoms with Gasteiger partial charge >= 0.3 is 5.97 Å². The molecule has 0 bridgehead atoms. The van der Waals surface area contributed by atoms with E-state index in [2.05, 4.69) is 0 Å². The lowest BCUT2D eigenvalue weighted by atomic mass is 10.2. The van der Waals surface area contributed by atoms with Crippen molar-refractivity contribution >= 4 is 17.3 Å². The van der Waals surface area contributed by atoms with Crippen LogP contribution in [0.1, 0.15) is 48.5 Å². The SMILES string of the molecule is COc1ccn2c(C(=O)OC(C)(C)C)cc(C(C)=O)c2c1. The lowest BCUT2D eigenvalue weighted by Crippen LogP contribution is -2.24. The van der Waals surface area contributed by atoms with E-state index < -0.39 is 11.6 Å². The van der Waals surface area contributed by atoms with Crippen molar-refractivity contribution < 1.29 is 19.1 Å². The highest BCUT2D eigenvalue weighted by Crippen LogP contribution is 2.24. The van der Waals surface area contributed by atoms with Gasteiger partial charge in [-0.05, 0) is 39.8 Å². The first-order valence-corrected chi connectivity index (χ1v) is 6.66. The van der Waals surface area contributed by atoms with Crippen molar-refractivity contribution in [1.82, 2.24) is 4.40 Å². The van der Waals surface area contributed by atoms with Crippen LogP contribution in [-0.4, -0.2) is 28.9 Å². The number of esters is 1. The monoisotopic (exact) mass is 289 g/mol. The Morgan fingerprint density at radius 3 is 2.38 bits per heavy atom. The summed E-state index contributed by atoms with van der Waals surface area (Å²) in [7, 11) is 1.55. The Bertz CT molecular complexity index is 707. The smallest absolute Gasteiger partial charge is 0.355 e. The van der Waals surface area contributed by atoms with Crippen molar-refractivity contribution in [2.24, 2.45) is 0 Å². The standard InChI is InChI=1S/C16H19NO4/c1-10(18)12-9-14(15(19)21-16(2,3)4)17-7-6-11(20-5)8-13(12)17/h6-9H,1-5H3. The summed E-state index contributed by atoms with van der Waals surface area (Å²) < 4.78 is 12.2. The van der Waals surface area contributed by atoms with Gasteiger partial charge in [-0.3, -0.25) is 4.79 Å². The molecule has 2 aromatic rings. The van der Waals surface area contributed by atoms with Crippen LogP contribution in [0.25, 0.3) is 5.52 Å². The molecule has 0 atom stereocenters. The number of carbonyl (C=O) groups excluding carboxylic acids is 2. The summed E-state index contributed by atoms with van der Waals surface area (Å²) in [5.74, 6) is 0.0459. The molecular weight excluding hydrogens is 270 g/mol. The Labute approximate surface area is 123 Å². The van der Waals surface area contributed by atoms with Crippen LogP contribution < -0.4 is 4.74 Å². The van der Waals surface area contributed by atoms with E-state index in [1.165, 1.54) is 6.92 Å². The molecule has 0 aromatic carbocycles. The lowest BCUT2D eigenvalue weighted by molar-refractivity contribution is 0.00618. The minimum Gasteiger partial charge on any atom is -0.497 e. The molecule has 21 heavy (non-hydrogen) atoms. The first kappa shape index (κ1) is 15.1. The fourth-order valence-electron chi connectivity index (χ4n) is 2.08. The van der Waals surface area contributed by atoms with Crippen LogP contribution in [0, 0.1) is 0 Å². The Hall–Kier alpha value is -2.30. The van der Waals surface area contributed by atoms with E-state index >= 15 is 0 Å². The minimum absolute atomic E-state index is 0.115. The normalized spacial score (nSPS) is 11.5. The van der Waals surface area contributed by atoms with E-state index in [1.807, 2.05) is 0 Å². The summed E-state index contributed by atoms with van der Waals surface area (Å²) in [5, 5.41) is 0. The molecule has 2 heterocycles. The number of hydrogen-bond donors (Lipinski definition) is 0. The van der Waals surface area contributed by atoms with Gasteiger partial charge in [-0.2, -0.15) is 0 Å². The van der Waals surface area contributed by atoms with E-state index in [1.54, 1.807) is 56.7 Å². The van der Waals surface area contributed by atoms with E-state index in [9.17, 15) is 9.59 Å². The second-order valence-electron chi connectivity index (χ2n) is 5.82. The lowest BCUT2D eigenvalue weighted by Gasteiger charge is -2.19. The Morgan fingerprint density at radius 1 is 1.19 bits per heavy atom. The number of nitrogens with zero attached hydrogens (tertiary/aromatic N) is 1. The van der Waals surface area contributed by atoms with E-state index in [4.69, 9.17) is 9.47 Å². The number of rotatable bonds is 3. The summed E-state index contributed by atoms with van der Waals surface area (Å²) in [6.45, 7) is 6.87. The number of aromatic nitrogens is 1. The van der Waals surface area contributed by atoms with Crippen LogP contribution in [0.15, 0.2) is 24.4 Å². The molecule has 0 amide bonds. The first-order chi connectivity index (χ1) is 9.73. The molecule has 112 valence electrons. The predicted octanol–water partition coefficient (Wildman–Crippen LogP) is 3.11. The van der Waals surface area contributed by atoms with Gasteiger partial charge in [0.25, 0.3) is 0 Å². The molecule has 2 rings (SSSR count). The van der Waals surface area contributed by atoms with Gasteiger partial charge in [-0.15, -0.1) is 0 Å². The molecule has 2 aromatic heterocycles. The summed E-state index contributed by atoms with van der Waals surface area (Å²) in [6, 6.07) is 5.01. The number of hydrogen-bond acceptors (Lipinski definition) is 4. The molecule has 0 unspecified atom stereocenters. The summed E-state index contributed by atoms with van der Waals surface area (Å²) in [5.41, 5.74) is 0.828. The molecule has 0 N–H and O–H groups in total. The third-order valence-corrected chi connectivity index (χ3v) is 2.97. The number of fused-ring (bicyclic) bond motifs is 1. The highest BCUT2D eigenvalue weighted by atomic mass is 16.6. The molecule has 0 aliphatic heterocycles. The van der Waals surface area contributed by atoms with Gasteiger partial charge in [-0.1, -0.05) is 0 Å². The molecule has 5 nitrogen and oxygen atoms in total. The van der Waals surface area contributed by atoms with Crippen LogP contribution in [0.2, 0.25) is 0 Å². The Kier molecular flexibility index (Phi) is 3.77. The molecule has 0 radical (unpaired) electrons. The highest BCUT2D eigenvalue weighted by molar-refractivity contribution is 6.04. The van der Waals surface area contributed by atoms with E-state index in [0.717, 1.165) is 0 Å². The van der Waals surface area contributed by atoms with Crippen molar-refractivity contribution in [1.29, 1.82) is 0 Å². The van der Waals surface area contributed by atoms with Gasteiger partial charge in [0.2, 0.25) is 0 Å². The second kappa shape index (κ2) is 5.24. The van der Waals surface area contributed by atoms with Gasteiger partial charge in [-0.25, -0.2) is 4.79 Å². The molecule has 0 saturated carbocycles. The summed E-state index contributed by atoms with van der Waals surface area (Å²) in [6.07, 6.45) is 1.69. The van der Waals surface area contributed by atoms with Crippen LogP contribution in [-0.2, 0) is 4.74 Å². The number of pyridine rings is 1. The predicted molar refractivity (Wildman–Crippen MR) is 79.1 cm³/mol. The largest absolute Gasteiger partial charge is 0.497 e. The maximum atomic E-state index is 12.3. The van der Waals surface area contributed by atoms with Crippen LogP contribution in [0.5, 0.6) is 5.75 Å². The molecular formula is C16H19NO4. The molecule has 5 heteroatoms. The molecule has 0 saturated heterocycles. The summed E-state index contributed by atoms with van der Waals surface area (Å²) in [4.78, 5) is 24.1. The van der Waals surface area contributed by atoms with Crippen molar-refractivity contribution in [2.45, 2.75) is 33.3 Å². The maximum Gasteiger partial charge on any atom is 0.355 e. The quantitative estimate of drug-likeness (QED) is 0.643. The van der Waals surface area contributed by atoms with Gasteiger partial charge in [0.15, 0.2) is 5.78 Å². The number of ether oxygens (including phenoxy) is 2. The third kappa shape index (κ3) is 3.07. The third-order valence-electron chi connectivity index (χ3n) is 2.97. The molecule has 0 aliphatic carbocycles. The van der Waals surface area contributed by atoms with Crippen molar-refractivity contribution in [3.05, 3.63) is 35.7 Å². The fraction of sp³-hybridized carbons (Fsp3) is 0.375. The highest BCUT2D eigenvalue weighted by Gasteiger charge is 2.23. The van der Waals surface area contributed by atoms with Crippen molar-refractivity contribution in [3.63, 3.8) is 0 Å². The van der Waals surface area contributed by atoms with Gasteiger partial charge in [0, 0.05) is 17.8 Å². The zero-order chi connectivity index (χ0) is 15.8. The van der Waals surface area contributed by atoms with Crippen LogP contribution >= 0.6 is 0 Å². The van der Waals surface area contributed by atoms with Crippen LogP contribution in [0.3, 0.4) is 0 Å². The average Bonchev–Trinajstić information content (AvgIpc) is 2.75. The van der Waals surface area contributed by atoms with Crippen molar-refractivity contribution in [3.8, 4) is 5.75 Å². The van der Waals surface area contributed by atoms with Crippen molar-refractivity contribution in [2.75, 3.05) is 7.11 Å². The number of ketones is 1. The van der Waals surface area contributed by atoms with Crippen LogP contribution in [0.4, 0.5) is 0 Å². The average molecular weight is 289 g/mol. The zero-order valence-corrected chi connectivity index (χ0v) is 12.9. The minimum atomic E-state index is -0.593. The Balaban J connectivity index is 2.60. The van der Waals surface area contributed by atoms with Gasteiger partial charge < -0.3 is 13.9 Å². The second-order valence-corrected chi connectivity index (χ2v) is 5.82. The molecule has 0 spiro atoms. The molecule has 0 aliphatic rings.